The van der Waals surface area contributed by atoms with E-state index in [2.05, 4.69) is 11.9 Å². The van der Waals surface area contributed by atoms with Gasteiger partial charge < -0.3 is 11.1 Å². The molecule has 0 fully saturated rings. The molecule has 0 aliphatic carbocycles. The lowest BCUT2D eigenvalue weighted by atomic mass is 10.1. The number of hydrogen-bond acceptors (Lipinski definition) is 2. The van der Waals surface area contributed by atoms with E-state index in [4.69, 9.17) is 5.73 Å². The first-order valence-electron chi connectivity index (χ1n) is 4.84. The quantitative estimate of drug-likeness (QED) is 0.583. The zero-order valence-corrected chi connectivity index (χ0v) is 9.08. The third kappa shape index (κ3) is 2.84. The molecule has 1 atom stereocenters. The Kier molecular flexibility index (Phi) is 3.50. The van der Waals surface area contributed by atoms with Gasteiger partial charge in [-0.3, -0.25) is 4.79 Å². The minimum atomic E-state index is -0.0973. The van der Waals surface area contributed by atoms with E-state index in [1.54, 1.807) is 24.3 Å². The van der Waals surface area contributed by atoms with Crippen molar-refractivity contribution in [1.82, 2.24) is 5.32 Å². The van der Waals surface area contributed by atoms with Crippen LogP contribution >= 0.6 is 0 Å². The van der Waals surface area contributed by atoms with Gasteiger partial charge in [-0.05, 0) is 37.6 Å². The van der Waals surface area contributed by atoms with Gasteiger partial charge >= 0.3 is 0 Å². The van der Waals surface area contributed by atoms with Crippen LogP contribution in [0.1, 0.15) is 22.8 Å². The van der Waals surface area contributed by atoms with Crippen LogP contribution in [0.3, 0.4) is 0 Å². The number of aryl methyl sites for hydroxylation is 1. The molecule has 1 aromatic carbocycles. The van der Waals surface area contributed by atoms with Crippen LogP contribution in [0.5, 0.6) is 0 Å². The third-order valence-corrected chi connectivity index (χ3v) is 2.21. The highest BCUT2D eigenvalue weighted by Crippen LogP contribution is 2.12. The van der Waals surface area contributed by atoms with Crippen LogP contribution < -0.4 is 11.1 Å². The fourth-order valence-corrected chi connectivity index (χ4v) is 1.29. The van der Waals surface area contributed by atoms with E-state index in [0.717, 1.165) is 5.56 Å². The van der Waals surface area contributed by atoms with E-state index in [9.17, 15) is 4.79 Å². The van der Waals surface area contributed by atoms with E-state index in [-0.39, 0.29) is 11.9 Å². The van der Waals surface area contributed by atoms with Gasteiger partial charge in [-0.15, -0.1) is 6.58 Å². The Morgan fingerprint density at radius 1 is 1.60 bits per heavy atom. The van der Waals surface area contributed by atoms with Gasteiger partial charge in [-0.2, -0.15) is 0 Å². The zero-order valence-electron chi connectivity index (χ0n) is 9.08. The minimum Gasteiger partial charge on any atom is -0.399 e. The first-order chi connectivity index (χ1) is 7.04. The smallest absolute Gasteiger partial charge is 0.252 e. The molecule has 0 aliphatic heterocycles. The summed E-state index contributed by atoms with van der Waals surface area (Å²) in [5.41, 5.74) is 7.80. The number of carbonyl (C=O) groups is 1. The van der Waals surface area contributed by atoms with Crippen molar-refractivity contribution in [2.45, 2.75) is 19.9 Å². The van der Waals surface area contributed by atoms with Crippen molar-refractivity contribution in [2.24, 2.45) is 0 Å². The lowest BCUT2D eigenvalue weighted by Gasteiger charge is -2.11. The molecule has 80 valence electrons. The molecule has 1 amide bonds. The number of benzene rings is 1. The molecule has 0 aromatic heterocycles. The van der Waals surface area contributed by atoms with Crippen molar-refractivity contribution in [3.05, 3.63) is 42.0 Å². The number of anilines is 1. The number of nitrogens with two attached hydrogens (primary N) is 1. The molecule has 1 aromatic rings. The number of carbonyl (C=O) groups excluding carboxylic acids is 1. The fourth-order valence-electron chi connectivity index (χ4n) is 1.29. The summed E-state index contributed by atoms with van der Waals surface area (Å²) >= 11 is 0. The van der Waals surface area contributed by atoms with Crippen molar-refractivity contribution >= 4 is 11.6 Å². The first kappa shape index (κ1) is 11.3. The predicted molar refractivity (Wildman–Crippen MR) is 62.7 cm³/mol. The van der Waals surface area contributed by atoms with Gasteiger partial charge in [-0.25, -0.2) is 0 Å². The van der Waals surface area contributed by atoms with Gasteiger partial charge in [0.25, 0.3) is 5.91 Å². The summed E-state index contributed by atoms with van der Waals surface area (Å²) in [6, 6.07) is 5.21. The standard InChI is InChI=1S/C12H16N2O/c1-4-9(3)14-12(15)11-6-5-10(13)7-8(11)2/h4-7,9H,1,13H2,2-3H3,(H,14,15). The Labute approximate surface area is 90.0 Å². The number of nitrogen functional groups attached to an aromatic ring is 1. The van der Waals surface area contributed by atoms with Crippen LogP contribution in [0.25, 0.3) is 0 Å². The van der Waals surface area contributed by atoms with Crippen molar-refractivity contribution < 1.29 is 4.79 Å². The molecule has 3 heteroatoms. The van der Waals surface area contributed by atoms with Gasteiger partial charge in [0.15, 0.2) is 0 Å². The molecule has 0 radical (unpaired) electrons. The Hall–Kier alpha value is -1.77. The van der Waals surface area contributed by atoms with Crippen LogP contribution in [0, 0.1) is 6.92 Å². The first-order valence-corrected chi connectivity index (χ1v) is 4.84. The molecule has 1 rings (SSSR count). The van der Waals surface area contributed by atoms with E-state index >= 15 is 0 Å². The van der Waals surface area contributed by atoms with E-state index in [1.165, 1.54) is 0 Å². The number of rotatable bonds is 3. The second-order valence-electron chi connectivity index (χ2n) is 3.57. The van der Waals surface area contributed by atoms with Crippen molar-refractivity contribution in [3.63, 3.8) is 0 Å². The van der Waals surface area contributed by atoms with E-state index < -0.39 is 0 Å². The molecule has 0 aliphatic rings. The summed E-state index contributed by atoms with van der Waals surface area (Å²) in [5, 5.41) is 2.81. The summed E-state index contributed by atoms with van der Waals surface area (Å²) in [4.78, 5) is 11.7. The summed E-state index contributed by atoms with van der Waals surface area (Å²) in [6.45, 7) is 7.35. The van der Waals surface area contributed by atoms with Crippen LogP contribution in [-0.4, -0.2) is 11.9 Å². The summed E-state index contributed by atoms with van der Waals surface area (Å²) < 4.78 is 0. The normalized spacial score (nSPS) is 11.9. The lowest BCUT2D eigenvalue weighted by Crippen LogP contribution is -2.31. The Balaban J connectivity index is 2.87. The summed E-state index contributed by atoms with van der Waals surface area (Å²) in [6.07, 6.45) is 1.69. The predicted octanol–water partition coefficient (Wildman–Crippen LogP) is 1.88. The summed E-state index contributed by atoms with van der Waals surface area (Å²) in [5.74, 6) is -0.0973. The molecule has 3 nitrogen and oxygen atoms in total. The number of hydrogen-bond donors (Lipinski definition) is 2. The van der Waals surface area contributed by atoms with Crippen molar-refractivity contribution in [3.8, 4) is 0 Å². The highest BCUT2D eigenvalue weighted by atomic mass is 16.1. The number of nitrogens with one attached hydrogen (secondary N) is 1. The van der Waals surface area contributed by atoms with Crippen LogP contribution in [0.4, 0.5) is 5.69 Å². The van der Waals surface area contributed by atoms with Gasteiger partial charge in [0.1, 0.15) is 0 Å². The third-order valence-electron chi connectivity index (χ3n) is 2.21. The summed E-state index contributed by atoms with van der Waals surface area (Å²) in [7, 11) is 0. The number of amides is 1. The largest absolute Gasteiger partial charge is 0.399 e. The van der Waals surface area contributed by atoms with Crippen molar-refractivity contribution in [2.75, 3.05) is 5.73 Å². The molecule has 0 saturated carbocycles. The molecular weight excluding hydrogens is 188 g/mol. The molecule has 15 heavy (non-hydrogen) atoms. The topological polar surface area (TPSA) is 55.1 Å². The monoisotopic (exact) mass is 204 g/mol. The van der Waals surface area contributed by atoms with Crippen LogP contribution in [-0.2, 0) is 0 Å². The van der Waals surface area contributed by atoms with E-state index in [1.807, 2.05) is 13.8 Å². The SMILES string of the molecule is C=CC(C)NC(=O)c1ccc(N)cc1C. The maximum atomic E-state index is 11.7. The van der Waals surface area contributed by atoms with Gasteiger partial charge in [0.05, 0.1) is 0 Å². The molecule has 1 unspecified atom stereocenters. The second-order valence-corrected chi connectivity index (χ2v) is 3.57. The average Bonchev–Trinajstić information content (AvgIpc) is 2.17. The lowest BCUT2D eigenvalue weighted by molar-refractivity contribution is 0.0946. The molecule has 0 spiro atoms. The fraction of sp³-hybridized carbons (Fsp3) is 0.250. The molecular formula is C12H16N2O. The maximum Gasteiger partial charge on any atom is 0.252 e. The van der Waals surface area contributed by atoms with Crippen LogP contribution in [0.2, 0.25) is 0 Å². The Morgan fingerprint density at radius 2 is 2.27 bits per heavy atom. The van der Waals surface area contributed by atoms with Crippen molar-refractivity contribution in [1.29, 1.82) is 0 Å². The van der Waals surface area contributed by atoms with Gasteiger partial charge in [-0.1, -0.05) is 6.08 Å². The molecule has 0 saturated heterocycles. The Morgan fingerprint density at radius 3 is 2.80 bits per heavy atom. The van der Waals surface area contributed by atoms with E-state index in [0.29, 0.717) is 11.3 Å². The highest BCUT2D eigenvalue weighted by Gasteiger charge is 2.09. The molecule has 0 heterocycles. The molecule has 3 N–H and O–H groups in total. The highest BCUT2D eigenvalue weighted by molar-refractivity contribution is 5.96. The maximum absolute atomic E-state index is 11.7. The minimum absolute atomic E-state index is 0.0329. The zero-order chi connectivity index (χ0) is 11.4. The van der Waals surface area contributed by atoms with Crippen LogP contribution in [0.15, 0.2) is 30.9 Å². The Bertz CT molecular complexity index is 385. The second kappa shape index (κ2) is 4.64. The van der Waals surface area contributed by atoms with Gasteiger partial charge in [0, 0.05) is 17.3 Å². The van der Waals surface area contributed by atoms with Gasteiger partial charge in [0.2, 0.25) is 0 Å². The molecule has 0 bridgehead atoms. The average molecular weight is 204 g/mol.